The SMILES string of the molecule is COc1ccc2[nH]c(-c3ccc(C(=O)O)n3C)cc2c1. The highest BCUT2D eigenvalue weighted by atomic mass is 16.5. The Hall–Kier alpha value is -2.69. The lowest BCUT2D eigenvalue weighted by Crippen LogP contribution is -2.05. The predicted octanol–water partition coefficient (Wildman–Crippen LogP) is 2.88. The number of aromatic nitrogens is 2. The van der Waals surface area contributed by atoms with Gasteiger partial charge in [0, 0.05) is 18.0 Å². The topological polar surface area (TPSA) is 67.2 Å². The highest BCUT2D eigenvalue weighted by Gasteiger charge is 2.13. The number of aromatic amines is 1. The van der Waals surface area contributed by atoms with Crippen molar-refractivity contribution in [3.63, 3.8) is 0 Å². The van der Waals surface area contributed by atoms with Crippen LogP contribution in [0.5, 0.6) is 5.75 Å². The van der Waals surface area contributed by atoms with Gasteiger partial charge < -0.3 is 19.4 Å². The summed E-state index contributed by atoms with van der Waals surface area (Å²) in [6.45, 7) is 0. The zero-order valence-corrected chi connectivity index (χ0v) is 11.2. The molecule has 1 aromatic carbocycles. The van der Waals surface area contributed by atoms with E-state index in [0.29, 0.717) is 0 Å². The molecule has 0 aliphatic carbocycles. The summed E-state index contributed by atoms with van der Waals surface area (Å²) in [6, 6.07) is 11.2. The van der Waals surface area contributed by atoms with E-state index < -0.39 is 5.97 Å². The van der Waals surface area contributed by atoms with Crippen LogP contribution < -0.4 is 4.74 Å². The van der Waals surface area contributed by atoms with Crippen molar-refractivity contribution >= 4 is 16.9 Å². The van der Waals surface area contributed by atoms with E-state index >= 15 is 0 Å². The number of benzene rings is 1. The van der Waals surface area contributed by atoms with E-state index in [1.165, 1.54) is 0 Å². The van der Waals surface area contributed by atoms with Gasteiger partial charge in [-0.3, -0.25) is 0 Å². The summed E-state index contributed by atoms with van der Waals surface area (Å²) in [7, 11) is 3.37. The summed E-state index contributed by atoms with van der Waals surface area (Å²) < 4.78 is 6.86. The first-order valence-electron chi connectivity index (χ1n) is 6.16. The molecule has 0 amide bonds. The van der Waals surface area contributed by atoms with Gasteiger partial charge in [-0.1, -0.05) is 0 Å². The number of nitrogens with zero attached hydrogens (tertiary/aromatic N) is 1. The third-order valence-electron chi connectivity index (χ3n) is 3.44. The van der Waals surface area contributed by atoms with Crippen LogP contribution in [0.15, 0.2) is 36.4 Å². The summed E-state index contributed by atoms with van der Waals surface area (Å²) in [5, 5.41) is 10.1. The molecule has 0 bridgehead atoms. The molecule has 0 unspecified atom stereocenters. The second-order valence-electron chi connectivity index (χ2n) is 4.60. The molecule has 2 aromatic heterocycles. The first kappa shape index (κ1) is 12.3. The van der Waals surface area contributed by atoms with E-state index in [1.807, 2.05) is 24.3 Å². The number of H-pyrrole nitrogens is 1. The molecule has 2 N–H and O–H groups in total. The summed E-state index contributed by atoms with van der Waals surface area (Å²) in [6.07, 6.45) is 0. The number of nitrogens with one attached hydrogen (secondary N) is 1. The van der Waals surface area contributed by atoms with Gasteiger partial charge in [0.15, 0.2) is 0 Å². The van der Waals surface area contributed by atoms with Crippen molar-refractivity contribution in [3.05, 3.63) is 42.1 Å². The molecule has 0 aliphatic heterocycles. The van der Waals surface area contributed by atoms with E-state index in [4.69, 9.17) is 9.84 Å². The molecule has 0 fully saturated rings. The number of ether oxygens (including phenoxy) is 1. The van der Waals surface area contributed by atoms with Crippen LogP contribution in [-0.2, 0) is 7.05 Å². The molecule has 0 atom stereocenters. The second kappa shape index (κ2) is 4.45. The monoisotopic (exact) mass is 270 g/mol. The Kier molecular flexibility index (Phi) is 2.75. The number of hydrogen-bond acceptors (Lipinski definition) is 2. The molecule has 0 radical (unpaired) electrons. The van der Waals surface area contributed by atoms with Crippen molar-refractivity contribution < 1.29 is 14.6 Å². The van der Waals surface area contributed by atoms with Gasteiger partial charge in [0.1, 0.15) is 11.4 Å². The minimum Gasteiger partial charge on any atom is -0.497 e. The van der Waals surface area contributed by atoms with Crippen LogP contribution in [0.1, 0.15) is 10.5 Å². The zero-order chi connectivity index (χ0) is 14.3. The molecule has 5 heteroatoms. The molecule has 0 aliphatic rings. The van der Waals surface area contributed by atoms with Gasteiger partial charge in [0.05, 0.1) is 18.5 Å². The largest absolute Gasteiger partial charge is 0.497 e. The van der Waals surface area contributed by atoms with Gasteiger partial charge >= 0.3 is 5.97 Å². The minimum atomic E-state index is -0.934. The van der Waals surface area contributed by atoms with Crippen molar-refractivity contribution in [1.29, 1.82) is 0 Å². The third kappa shape index (κ3) is 1.84. The van der Waals surface area contributed by atoms with E-state index in [1.54, 1.807) is 30.9 Å². The van der Waals surface area contributed by atoms with Gasteiger partial charge in [-0.2, -0.15) is 0 Å². The van der Waals surface area contributed by atoms with Crippen LogP contribution in [0, 0.1) is 0 Å². The lowest BCUT2D eigenvalue weighted by molar-refractivity contribution is 0.0687. The summed E-state index contributed by atoms with van der Waals surface area (Å²) in [5.74, 6) is -0.141. The van der Waals surface area contributed by atoms with Gasteiger partial charge in [0.25, 0.3) is 0 Å². The maximum absolute atomic E-state index is 11.1. The number of carbonyl (C=O) groups is 1. The van der Waals surface area contributed by atoms with Crippen LogP contribution in [0.4, 0.5) is 0 Å². The summed E-state index contributed by atoms with van der Waals surface area (Å²) >= 11 is 0. The van der Waals surface area contributed by atoms with Crippen molar-refractivity contribution in [2.24, 2.45) is 7.05 Å². The van der Waals surface area contributed by atoms with Gasteiger partial charge in [0.2, 0.25) is 0 Å². The molecule has 3 aromatic rings. The first-order valence-corrected chi connectivity index (χ1v) is 6.16. The molecule has 0 saturated carbocycles. The molecule has 102 valence electrons. The number of carboxylic acid groups (broad SMARTS) is 1. The van der Waals surface area contributed by atoms with Crippen LogP contribution in [0.3, 0.4) is 0 Å². The van der Waals surface area contributed by atoms with Crippen molar-refractivity contribution in [2.45, 2.75) is 0 Å². The number of fused-ring (bicyclic) bond motifs is 1. The molecule has 0 spiro atoms. The van der Waals surface area contributed by atoms with Crippen molar-refractivity contribution in [1.82, 2.24) is 9.55 Å². The first-order chi connectivity index (χ1) is 9.60. The van der Waals surface area contributed by atoms with E-state index in [0.717, 1.165) is 28.0 Å². The molecule has 20 heavy (non-hydrogen) atoms. The van der Waals surface area contributed by atoms with Crippen molar-refractivity contribution in [2.75, 3.05) is 7.11 Å². The minimum absolute atomic E-state index is 0.260. The normalized spacial score (nSPS) is 10.9. The maximum Gasteiger partial charge on any atom is 0.352 e. The van der Waals surface area contributed by atoms with Gasteiger partial charge in [-0.05, 0) is 36.4 Å². The van der Waals surface area contributed by atoms with Gasteiger partial charge in [-0.15, -0.1) is 0 Å². The number of rotatable bonds is 3. The van der Waals surface area contributed by atoms with E-state index in [2.05, 4.69) is 4.98 Å². The lowest BCUT2D eigenvalue weighted by atomic mass is 10.2. The van der Waals surface area contributed by atoms with E-state index in [-0.39, 0.29) is 5.69 Å². The Morgan fingerprint density at radius 1 is 1.25 bits per heavy atom. The molecule has 2 heterocycles. The van der Waals surface area contributed by atoms with Crippen LogP contribution in [-0.4, -0.2) is 27.7 Å². The fourth-order valence-corrected chi connectivity index (χ4v) is 2.37. The van der Waals surface area contributed by atoms with Crippen molar-refractivity contribution in [3.8, 4) is 17.1 Å². The Morgan fingerprint density at radius 3 is 2.70 bits per heavy atom. The molecule has 5 nitrogen and oxygen atoms in total. The van der Waals surface area contributed by atoms with E-state index in [9.17, 15) is 4.79 Å². The van der Waals surface area contributed by atoms with Crippen LogP contribution >= 0.6 is 0 Å². The number of hydrogen-bond donors (Lipinski definition) is 2. The van der Waals surface area contributed by atoms with Gasteiger partial charge in [-0.25, -0.2) is 4.79 Å². The Bertz CT molecular complexity index is 799. The molecular weight excluding hydrogens is 256 g/mol. The lowest BCUT2D eigenvalue weighted by Gasteiger charge is -2.02. The summed E-state index contributed by atoms with van der Waals surface area (Å²) in [4.78, 5) is 14.4. The second-order valence-corrected chi connectivity index (χ2v) is 4.60. The molecule has 3 rings (SSSR count). The number of methoxy groups -OCH3 is 1. The fraction of sp³-hybridized carbons (Fsp3) is 0.133. The third-order valence-corrected chi connectivity index (χ3v) is 3.44. The smallest absolute Gasteiger partial charge is 0.352 e. The highest BCUT2D eigenvalue weighted by Crippen LogP contribution is 2.27. The van der Waals surface area contributed by atoms with Crippen LogP contribution in [0.25, 0.3) is 22.3 Å². The Morgan fingerprint density at radius 2 is 2.05 bits per heavy atom. The predicted molar refractivity (Wildman–Crippen MR) is 76.2 cm³/mol. The fourth-order valence-electron chi connectivity index (χ4n) is 2.37. The van der Waals surface area contributed by atoms with Crippen LogP contribution in [0.2, 0.25) is 0 Å². The number of carboxylic acids is 1. The standard InChI is InChI=1S/C15H14N2O3/c1-17-13(5-6-14(17)15(18)19)12-8-9-7-10(20-2)3-4-11(9)16-12/h3-8,16H,1-2H3,(H,18,19). The summed E-state index contributed by atoms with van der Waals surface area (Å²) in [5.41, 5.74) is 2.95. The molecular formula is C15H14N2O3. The zero-order valence-electron chi connectivity index (χ0n) is 11.2. The maximum atomic E-state index is 11.1. The average molecular weight is 270 g/mol. The Balaban J connectivity index is 2.12. The number of aromatic carboxylic acids is 1. The highest BCUT2D eigenvalue weighted by molar-refractivity contribution is 5.89. The Labute approximate surface area is 115 Å². The quantitative estimate of drug-likeness (QED) is 0.769. The average Bonchev–Trinajstić information content (AvgIpc) is 3.00. The molecule has 0 saturated heterocycles.